The van der Waals surface area contributed by atoms with Crippen LogP contribution in [0.2, 0.25) is 0 Å². The summed E-state index contributed by atoms with van der Waals surface area (Å²) < 4.78 is 14.1. The number of para-hydroxylation sites is 1. The summed E-state index contributed by atoms with van der Waals surface area (Å²) in [6.07, 6.45) is 2.37. The summed E-state index contributed by atoms with van der Waals surface area (Å²) >= 11 is 0. The van der Waals surface area contributed by atoms with E-state index in [9.17, 15) is 4.39 Å². The van der Waals surface area contributed by atoms with E-state index in [2.05, 4.69) is 24.1 Å². The van der Waals surface area contributed by atoms with Crippen LogP contribution in [0.4, 0.5) is 10.1 Å². The van der Waals surface area contributed by atoms with Gasteiger partial charge in [0.05, 0.1) is 5.69 Å². The molecule has 18 heavy (non-hydrogen) atoms. The average molecular weight is 250 g/mol. The van der Waals surface area contributed by atoms with Crippen molar-refractivity contribution < 1.29 is 4.39 Å². The minimum absolute atomic E-state index is 0.0813. The number of hydrogen-bond donors (Lipinski definition) is 1. The van der Waals surface area contributed by atoms with Gasteiger partial charge in [0.15, 0.2) is 0 Å². The van der Waals surface area contributed by atoms with Gasteiger partial charge >= 0.3 is 0 Å². The second-order valence-electron chi connectivity index (χ2n) is 5.04. The normalized spacial score (nSPS) is 19.5. The molecule has 2 nitrogen and oxygen atoms in total. The maximum Gasteiger partial charge on any atom is 0.146 e. The Morgan fingerprint density at radius 1 is 1.39 bits per heavy atom. The quantitative estimate of drug-likeness (QED) is 0.863. The molecule has 100 valence electrons. The molecule has 1 aromatic carbocycles. The first-order valence-electron chi connectivity index (χ1n) is 6.99. The lowest BCUT2D eigenvalue weighted by Gasteiger charge is -2.23. The van der Waals surface area contributed by atoms with Gasteiger partial charge in [0.1, 0.15) is 5.82 Å². The van der Waals surface area contributed by atoms with Crippen molar-refractivity contribution >= 4 is 5.69 Å². The van der Waals surface area contributed by atoms with Gasteiger partial charge in [-0.05, 0) is 30.5 Å². The van der Waals surface area contributed by atoms with E-state index in [1.54, 1.807) is 12.1 Å². The Kier molecular flexibility index (Phi) is 4.59. The minimum Gasteiger partial charge on any atom is -0.369 e. The molecule has 1 aromatic rings. The molecule has 0 saturated carbocycles. The Morgan fingerprint density at radius 3 is 2.89 bits per heavy atom. The van der Waals surface area contributed by atoms with Gasteiger partial charge in [-0.3, -0.25) is 0 Å². The molecular formula is C15H23FN2. The topological polar surface area (TPSA) is 15.3 Å². The van der Waals surface area contributed by atoms with Crippen LogP contribution < -0.4 is 10.2 Å². The smallest absolute Gasteiger partial charge is 0.146 e. The number of halogens is 1. The lowest BCUT2D eigenvalue weighted by Crippen LogP contribution is -2.24. The third-order valence-electron chi connectivity index (χ3n) is 3.82. The average Bonchev–Trinajstić information content (AvgIpc) is 2.84. The van der Waals surface area contributed by atoms with Crippen LogP contribution in [0.15, 0.2) is 18.2 Å². The fraction of sp³-hybridized carbons (Fsp3) is 0.600. The zero-order valence-electron chi connectivity index (χ0n) is 11.4. The first-order chi connectivity index (χ1) is 8.76. The van der Waals surface area contributed by atoms with Gasteiger partial charge in [0, 0.05) is 19.6 Å². The molecule has 1 heterocycles. The zero-order chi connectivity index (χ0) is 13.0. The third kappa shape index (κ3) is 2.83. The SMILES string of the molecule is CCNCc1cccc(F)c1N1CCC(CC)C1. The van der Waals surface area contributed by atoms with Crippen LogP contribution >= 0.6 is 0 Å². The van der Waals surface area contributed by atoms with Crippen LogP contribution in [0.25, 0.3) is 0 Å². The van der Waals surface area contributed by atoms with E-state index in [1.165, 1.54) is 12.8 Å². The van der Waals surface area contributed by atoms with Crippen LogP contribution in [-0.4, -0.2) is 19.6 Å². The molecular weight excluding hydrogens is 227 g/mol. The molecule has 1 saturated heterocycles. The van der Waals surface area contributed by atoms with E-state index < -0.39 is 0 Å². The van der Waals surface area contributed by atoms with Crippen molar-refractivity contribution in [2.24, 2.45) is 5.92 Å². The van der Waals surface area contributed by atoms with E-state index in [1.807, 2.05) is 6.07 Å². The van der Waals surface area contributed by atoms with Crippen molar-refractivity contribution in [3.8, 4) is 0 Å². The molecule has 1 aliphatic heterocycles. The first kappa shape index (κ1) is 13.3. The number of nitrogens with zero attached hydrogens (tertiary/aromatic N) is 1. The zero-order valence-corrected chi connectivity index (χ0v) is 11.4. The standard InChI is InChI=1S/C15H23FN2/c1-3-12-8-9-18(11-12)15-13(10-17-4-2)6-5-7-14(15)16/h5-7,12,17H,3-4,8-11H2,1-2H3. The molecule has 3 heteroatoms. The Labute approximate surface area is 109 Å². The summed E-state index contributed by atoms with van der Waals surface area (Å²) in [5, 5.41) is 3.29. The van der Waals surface area contributed by atoms with Crippen molar-refractivity contribution in [1.29, 1.82) is 0 Å². The van der Waals surface area contributed by atoms with E-state index in [-0.39, 0.29) is 5.82 Å². The van der Waals surface area contributed by atoms with Crippen molar-refractivity contribution in [1.82, 2.24) is 5.32 Å². The van der Waals surface area contributed by atoms with Gasteiger partial charge in [0.25, 0.3) is 0 Å². The van der Waals surface area contributed by atoms with E-state index in [0.717, 1.165) is 43.3 Å². The molecule has 1 fully saturated rings. The summed E-state index contributed by atoms with van der Waals surface area (Å²) in [6.45, 7) is 7.93. The van der Waals surface area contributed by atoms with Gasteiger partial charge in [-0.25, -0.2) is 4.39 Å². The summed E-state index contributed by atoms with van der Waals surface area (Å²) in [6, 6.07) is 5.41. The molecule has 0 spiro atoms. The van der Waals surface area contributed by atoms with E-state index in [4.69, 9.17) is 0 Å². The number of rotatable bonds is 5. The molecule has 1 aliphatic rings. The molecule has 0 radical (unpaired) electrons. The number of benzene rings is 1. The Morgan fingerprint density at radius 2 is 2.22 bits per heavy atom. The predicted octanol–water partition coefficient (Wildman–Crippen LogP) is 3.17. The Balaban J connectivity index is 2.20. The van der Waals surface area contributed by atoms with Crippen LogP contribution in [0.5, 0.6) is 0 Å². The predicted molar refractivity (Wildman–Crippen MR) is 74.4 cm³/mol. The summed E-state index contributed by atoms with van der Waals surface area (Å²) in [4.78, 5) is 2.22. The minimum atomic E-state index is -0.0813. The van der Waals surface area contributed by atoms with Gasteiger partial charge in [-0.1, -0.05) is 32.4 Å². The van der Waals surface area contributed by atoms with Crippen LogP contribution in [0, 0.1) is 11.7 Å². The molecule has 1 unspecified atom stereocenters. The molecule has 0 bridgehead atoms. The lowest BCUT2D eigenvalue weighted by molar-refractivity contribution is 0.566. The van der Waals surface area contributed by atoms with Crippen LogP contribution in [0.1, 0.15) is 32.3 Å². The van der Waals surface area contributed by atoms with Gasteiger partial charge in [0.2, 0.25) is 0 Å². The van der Waals surface area contributed by atoms with Gasteiger partial charge < -0.3 is 10.2 Å². The highest BCUT2D eigenvalue weighted by atomic mass is 19.1. The maximum atomic E-state index is 14.1. The second kappa shape index (κ2) is 6.19. The molecule has 2 rings (SSSR count). The fourth-order valence-corrected chi connectivity index (χ4v) is 2.69. The van der Waals surface area contributed by atoms with E-state index in [0.29, 0.717) is 0 Å². The van der Waals surface area contributed by atoms with Crippen molar-refractivity contribution in [3.63, 3.8) is 0 Å². The lowest BCUT2D eigenvalue weighted by atomic mass is 10.1. The highest BCUT2D eigenvalue weighted by molar-refractivity contribution is 5.55. The molecule has 0 aromatic heterocycles. The third-order valence-corrected chi connectivity index (χ3v) is 3.82. The monoisotopic (exact) mass is 250 g/mol. The highest BCUT2D eigenvalue weighted by Crippen LogP contribution is 2.30. The van der Waals surface area contributed by atoms with Crippen LogP contribution in [0.3, 0.4) is 0 Å². The molecule has 1 N–H and O–H groups in total. The fourth-order valence-electron chi connectivity index (χ4n) is 2.69. The maximum absolute atomic E-state index is 14.1. The first-order valence-corrected chi connectivity index (χ1v) is 6.99. The van der Waals surface area contributed by atoms with Crippen molar-refractivity contribution in [2.45, 2.75) is 33.2 Å². The summed E-state index contributed by atoms with van der Waals surface area (Å²) in [5.41, 5.74) is 1.89. The van der Waals surface area contributed by atoms with Crippen molar-refractivity contribution in [2.75, 3.05) is 24.5 Å². The number of nitrogens with one attached hydrogen (secondary N) is 1. The van der Waals surface area contributed by atoms with Crippen molar-refractivity contribution in [3.05, 3.63) is 29.6 Å². The Hall–Kier alpha value is -1.09. The second-order valence-corrected chi connectivity index (χ2v) is 5.04. The number of hydrogen-bond acceptors (Lipinski definition) is 2. The molecule has 0 amide bonds. The number of anilines is 1. The van der Waals surface area contributed by atoms with Crippen LogP contribution in [-0.2, 0) is 6.54 Å². The van der Waals surface area contributed by atoms with Gasteiger partial charge in [-0.15, -0.1) is 0 Å². The Bertz CT molecular complexity index is 392. The van der Waals surface area contributed by atoms with Gasteiger partial charge in [-0.2, -0.15) is 0 Å². The highest BCUT2D eigenvalue weighted by Gasteiger charge is 2.24. The van der Waals surface area contributed by atoms with E-state index >= 15 is 0 Å². The summed E-state index contributed by atoms with van der Waals surface area (Å²) in [7, 11) is 0. The largest absolute Gasteiger partial charge is 0.369 e. The summed E-state index contributed by atoms with van der Waals surface area (Å²) in [5.74, 6) is 0.638. The molecule has 1 atom stereocenters. The molecule has 0 aliphatic carbocycles.